The quantitative estimate of drug-likeness (QED) is 0.439. The summed E-state index contributed by atoms with van der Waals surface area (Å²) in [7, 11) is 0. The molecule has 0 atom stereocenters. The summed E-state index contributed by atoms with van der Waals surface area (Å²) in [4.78, 5) is 21.9. The first-order chi connectivity index (χ1) is 11.9. The van der Waals surface area contributed by atoms with Crippen LogP contribution in [0.1, 0.15) is 16.7 Å². The summed E-state index contributed by atoms with van der Waals surface area (Å²) in [5.41, 5.74) is 2.43. The number of benzene rings is 2. The van der Waals surface area contributed by atoms with Gasteiger partial charge in [-0.05, 0) is 42.7 Å². The molecule has 0 radical (unpaired) electrons. The van der Waals surface area contributed by atoms with E-state index in [-0.39, 0.29) is 6.54 Å². The molecule has 25 heavy (non-hydrogen) atoms. The molecule has 0 unspecified atom stereocenters. The van der Waals surface area contributed by atoms with Crippen LogP contribution in [-0.2, 0) is 6.54 Å². The molecule has 0 aliphatic heterocycles. The lowest BCUT2D eigenvalue weighted by molar-refractivity contribution is -0.387. The van der Waals surface area contributed by atoms with Gasteiger partial charge in [-0.25, -0.2) is 4.79 Å². The Labute approximate surface area is 142 Å². The van der Waals surface area contributed by atoms with Crippen LogP contribution in [-0.4, -0.2) is 4.92 Å². The number of fused-ring (bicyclic) bond motifs is 1. The van der Waals surface area contributed by atoms with Gasteiger partial charge in [-0.2, -0.15) is 4.39 Å². The van der Waals surface area contributed by atoms with Crippen LogP contribution in [0.15, 0.2) is 45.6 Å². The van der Waals surface area contributed by atoms with Crippen molar-refractivity contribution in [2.45, 2.75) is 20.4 Å². The molecule has 0 aliphatic carbocycles. The predicted molar refractivity (Wildman–Crippen MR) is 92.3 cm³/mol. The highest BCUT2D eigenvalue weighted by Crippen LogP contribution is 2.25. The third kappa shape index (κ3) is 3.21. The van der Waals surface area contributed by atoms with Crippen molar-refractivity contribution in [3.63, 3.8) is 0 Å². The van der Waals surface area contributed by atoms with Gasteiger partial charge in [0.25, 0.3) is 0 Å². The molecular formula is C18H15FN2O4. The van der Waals surface area contributed by atoms with Crippen LogP contribution in [0, 0.1) is 29.8 Å². The lowest BCUT2D eigenvalue weighted by Crippen LogP contribution is -2.07. The standard InChI is InChI=1S/C18H15FN2O4/c1-10-3-5-14-12(7-17(22)25-18(14)11(10)2)9-20-13-4-6-15(19)16(8-13)21(23)24/h3-8,20H,9H2,1-2H3. The van der Waals surface area contributed by atoms with E-state index in [4.69, 9.17) is 4.42 Å². The SMILES string of the molecule is Cc1ccc2c(CNc3ccc(F)c([N+](=O)[O-])c3)cc(=O)oc2c1C. The third-order valence-electron chi connectivity index (χ3n) is 4.14. The van der Waals surface area contributed by atoms with Crippen LogP contribution < -0.4 is 10.9 Å². The van der Waals surface area contributed by atoms with Crippen molar-refractivity contribution in [3.8, 4) is 0 Å². The number of nitrogens with one attached hydrogen (secondary N) is 1. The van der Waals surface area contributed by atoms with Crippen LogP contribution >= 0.6 is 0 Å². The molecule has 3 aromatic rings. The van der Waals surface area contributed by atoms with Crippen molar-refractivity contribution in [1.82, 2.24) is 0 Å². The highest BCUT2D eigenvalue weighted by molar-refractivity contribution is 5.84. The number of nitro groups is 1. The molecule has 128 valence electrons. The Morgan fingerprint density at radius 2 is 1.96 bits per heavy atom. The van der Waals surface area contributed by atoms with Crippen molar-refractivity contribution >= 4 is 22.3 Å². The molecule has 0 saturated carbocycles. The molecule has 1 N–H and O–H groups in total. The van der Waals surface area contributed by atoms with Crippen molar-refractivity contribution < 1.29 is 13.7 Å². The van der Waals surface area contributed by atoms with Gasteiger partial charge in [-0.1, -0.05) is 12.1 Å². The molecule has 0 aliphatic rings. The lowest BCUT2D eigenvalue weighted by Gasteiger charge is -2.11. The Kier molecular flexibility index (Phi) is 4.22. The van der Waals surface area contributed by atoms with E-state index in [1.165, 1.54) is 12.1 Å². The van der Waals surface area contributed by atoms with Crippen molar-refractivity contribution in [1.29, 1.82) is 0 Å². The summed E-state index contributed by atoms with van der Waals surface area (Å²) in [6.07, 6.45) is 0. The minimum Gasteiger partial charge on any atom is -0.422 e. The van der Waals surface area contributed by atoms with Gasteiger partial charge in [0.15, 0.2) is 0 Å². The van der Waals surface area contributed by atoms with Gasteiger partial charge in [0, 0.05) is 29.8 Å². The maximum atomic E-state index is 13.4. The average molecular weight is 342 g/mol. The highest BCUT2D eigenvalue weighted by Gasteiger charge is 2.15. The Morgan fingerprint density at radius 3 is 2.68 bits per heavy atom. The first kappa shape index (κ1) is 16.6. The fraction of sp³-hybridized carbons (Fsp3) is 0.167. The minimum atomic E-state index is -0.896. The van der Waals surface area contributed by atoms with Gasteiger partial charge in [0.2, 0.25) is 5.82 Å². The summed E-state index contributed by atoms with van der Waals surface area (Å²) >= 11 is 0. The molecule has 0 fully saturated rings. The van der Waals surface area contributed by atoms with Gasteiger partial charge >= 0.3 is 11.3 Å². The molecule has 0 bridgehead atoms. The highest BCUT2D eigenvalue weighted by atomic mass is 19.1. The van der Waals surface area contributed by atoms with Gasteiger partial charge in [-0.3, -0.25) is 10.1 Å². The zero-order valence-electron chi connectivity index (χ0n) is 13.6. The molecule has 2 aromatic carbocycles. The van der Waals surface area contributed by atoms with Crippen molar-refractivity contribution in [3.05, 3.63) is 79.4 Å². The van der Waals surface area contributed by atoms with E-state index in [1.54, 1.807) is 0 Å². The molecule has 7 heteroatoms. The minimum absolute atomic E-state index is 0.243. The van der Waals surface area contributed by atoms with E-state index in [9.17, 15) is 19.3 Å². The molecule has 1 heterocycles. The summed E-state index contributed by atoms with van der Waals surface area (Å²) in [6.45, 7) is 4.05. The van der Waals surface area contributed by atoms with Crippen LogP contribution in [0.25, 0.3) is 11.0 Å². The predicted octanol–water partition coefficient (Wildman–Crippen LogP) is 4.07. The monoisotopic (exact) mass is 342 g/mol. The van der Waals surface area contributed by atoms with E-state index in [0.717, 1.165) is 28.6 Å². The third-order valence-corrected chi connectivity index (χ3v) is 4.14. The molecule has 1 aromatic heterocycles. The Hall–Kier alpha value is -3.22. The van der Waals surface area contributed by atoms with Gasteiger partial charge in [-0.15, -0.1) is 0 Å². The van der Waals surface area contributed by atoms with E-state index >= 15 is 0 Å². The second-order valence-electron chi connectivity index (χ2n) is 5.75. The topological polar surface area (TPSA) is 85.4 Å². The maximum absolute atomic E-state index is 13.4. The zero-order valence-corrected chi connectivity index (χ0v) is 13.6. The summed E-state index contributed by atoms with van der Waals surface area (Å²) < 4.78 is 18.7. The molecule has 0 amide bonds. The first-order valence-electron chi connectivity index (χ1n) is 7.57. The summed E-state index contributed by atoms with van der Waals surface area (Å²) in [5.74, 6) is -0.896. The Balaban J connectivity index is 1.97. The van der Waals surface area contributed by atoms with Crippen molar-refractivity contribution in [2.75, 3.05) is 5.32 Å². The molecule has 6 nitrogen and oxygen atoms in total. The van der Waals surface area contributed by atoms with Gasteiger partial charge < -0.3 is 9.73 Å². The second kappa shape index (κ2) is 6.35. The maximum Gasteiger partial charge on any atom is 0.336 e. The number of halogens is 1. The Bertz CT molecular complexity index is 1040. The molecule has 0 spiro atoms. The lowest BCUT2D eigenvalue weighted by atomic mass is 10.0. The van der Waals surface area contributed by atoms with Crippen LogP contribution in [0.3, 0.4) is 0 Å². The normalized spacial score (nSPS) is 10.8. The van der Waals surface area contributed by atoms with E-state index in [2.05, 4.69) is 5.32 Å². The first-order valence-corrected chi connectivity index (χ1v) is 7.57. The fourth-order valence-electron chi connectivity index (χ4n) is 2.63. The van der Waals surface area contributed by atoms with E-state index in [1.807, 2.05) is 26.0 Å². The van der Waals surface area contributed by atoms with E-state index < -0.39 is 22.1 Å². The molecule has 3 rings (SSSR count). The number of aryl methyl sites for hydroxylation is 2. The smallest absolute Gasteiger partial charge is 0.336 e. The number of hydrogen-bond acceptors (Lipinski definition) is 5. The number of hydrogen-bond donors (Lipinski definition) is 1. The Morgan fingerprint density at radius 1 is 1.20 bits per heavy atom. The molecule has 0 saturated heterocycles. The van der Waals surface area contributed by atoms with Crippen LogP contribution in [0.2, 0.25) is 0 Å². The number of anilines is 1. The largest absolute Gasteiger partial charge is 0.422 e. The average Bonchev–Trinajstić information content (AvgIpc) is 2.57. The zero-order chi connectivity index (χ0) is 18.1. The van der Waals surface area contributed by atoms with Crippen LogP contribution in [0.4, 0.5) is 15.8 Å². The summed E-state index contributed by atoms with van der Waals surface area (Å²) in [6, 6.07) is 8.74. The number of rotatable bonds is 4. The van der Waals surface area contributed by atoms with Crippen LogP contribution in [0.5, 0.6) is 0 Å². The van der Waals surface area contributed by atoms with Crippen molar-refractivity contribution in [2.24, 2.45) is 0 Å². The van der Waals surface area contributed by atoms with E-state index in [0.29, 0.717) is 16.8 Å². The van der Waals surface area contributed by atoms with Gasteiger partial charge in [0.05, 0.1) is 4.92 Å². The summed E-state index contributed by atoms with van der Waals surface area (Å²) in [5, 5.41) is 14.6. The number of nitro benzene ring substituents is 1. The molecular weight excluding hydrogens is 327 g/mol. The van der Waals surface area contributed by atoms with Gasteiger partial charge in [0.1, 0.15) is 5.58 Å². The second-order valence-corrected chi connectivity index (χ2v) is 5.75. The number of nitrogens with zero attached hydrogens (tertiary/aromatic N) is 1. The fourth-order valence-corrected chi connectivity index (χ4v) is 2.63.